The molecular weight excluding hydrogens is 460 g/mol. The van der Waals surface area contributed by atoms with Gasteiger partial charge in [-0.2, -0.15) is 0 Å². The Kier molecular flexibility index (Phi) is 7.48. The van der Waals surface area contributed by atoms with Crippen LogP contribution in [0.2, 0.25) is 0 Å². The number of hydrogen-bond acceptors (Lipinski definition) is 6. The molecule has 0 aliphatic carbocycles. The van der Waals surface area contributed by atoms with Gasteiger partial charge in [-0.15, -0.1) is 0 Å². The maximum Gasteiger partial charge on any atom is 0.257 e. The number of benzene rings is 2. The van der Waals surface area contributed by atoms with E-state index in [0.29, 0.717) is 60.1 Å². The van der Waals surface area contributed by atoms with Gasteiger partial charge in [-0.05, 0) is 42.8 Å². The molecule has 9 heteroatoms. The number of anilines is 1. The number of pyridine rings is 1. The summed E-state index contributed by atoms with van der Waals surface area (Å²) in [6, 6.07) is 13.6. The van der Waals surface area contributed by atoms with Crippen LogP contribution in [0.5, 0.6) is 11.5 Å². The number of piperazine rings is 1. The summed E-state index contributed by atoms with van der Waals surface area (Å²) in [7, 11) is 3.06. The minimum Gasteiger partial charge on any atom is -0.497 e. The monoisotopic (exact) mass is 488 g/mol. The first-order chi connectivity index (χ1) is 17.4. The molecular formula is C27H28N4O5. The van der Waals surface area contributed by atoms with E-state index in [2.05, 4.69) is 10.3 Å². The summed E-state index contributed by atoms with van der Waals surface area (Å²) in [5.74, 6) is 0.362. The van der Waals surface area contributed by atoms with Gasteiger partial charge >= 0.3 is 0 Å². The first-order valence-electron chi connectivity index (χ1n) is 11.5. The molecule has 1 aromatic heterocycles. The van der Waals surface area contributed by atoms with E-state index in [-0.39, 0.29) is 17.7 Å². The third-order valence-electron chi connectivity index (χ3n) is 6.18. The molecule has 9 nitrogen and oxygen atoms in total. The predicted molar refractivity (Wildman–Crippen MR) is 135 cm³/mol. The largest absolute Gasteiger partial charge is 0.497 e. The van der Waals surface area contributed by atoms with Crippen molar-refractivity contribution in [1.29, 1.82) is 0 Å². The van der Waals surface area contributed by atoms with Crippen molar-refractivity contribution in [2.45, 2.75) is 6.92 Å². The standard InChI is InChI=1S/C27H28N4O5/c1-18-5-4-6-22(24(18)29-25(32)19-9-11-28-12-10-19)27(34)31-15-13-30(14-16-31)26(33)21-8-7-20(35-2)17-23(21)36-3/h4-12,17H,13-16H2,1-3H3,(H,29,32). The molecule has 3 amide bonds. The Hall–Kier alpha value is -4.40. The lowest BCUT2D eigenvalue weighted by Crippen LogP contribution is -2.50. The molecule has 36 heavy (non-hydrogen) atoms. The lowest BCUT2D eigenvalue weighted by atomic mass is 10.1. The zero-order chi connectivity index (χ0) is 25.7. The maximum atomic E-state index is 13.4. The molecule has 1 fully saturated rings. The lowest BCUT2D eigenvalue weighted by Gasteiger charge is -2.35. The van der Waals surface area contributed by atoms with E-state index < -0.39 is 0 Å². The Bertz CT molecular complexity index is 1270. The summed E-state index contributed by atoms with van der Waals surface area (Å²) in [5.41, 5.74) is 2.56. The van der Waals surface area contributed by atoms with Gasteiger partial charge in [0, 0.05) is 50.2 Å². The van der Waals surface area contributed by atoms with Crippen molar-refractivity contribution < 1.29 is 23.9 Å². The number of rotatable bonds is 6. The third-order valence-corrected chi connectivity index (χ3v) is 6.18. The van der Waals surface area contributed by atoms with Crippen LogP contribution in [0.25, 0.3) is 0 Å². The van der Waals surface area contributed by atoms with E-state index in [9.17, 15) is 14.4 Å². The van der Waals surface area contributed by atoms with Gasteiger partial charge in [0.1, 0.15) is 11.5 Å². The quantitative estimate of drug-likeness (QED) is 0.572. The Labute approximate surface area is 209 Å². The van der Waals surface area contributed by atoms with Gasteiger partial charge in [0.15, 0.2) is 0 Å². The fourth-order valence-corrected chi connectivity index (χ4v) is 4.13. The molecule has 0 spiro atoms. The average molecular weight is 489 g/mol. The van der Waals surface area contributed by atoms with Crippen LogP contribution in [0.15, 0.2) is 60.9 Å². The highest BCUT2D eigenvalue weighted by Gasteiger charge is 2.28. The number of carbonyl (C=O) groups excluding carboxylic acids is 3. The van der Waals surface area contributed by atoms with Crippen LogP contribution in [0.3, 0.4) is 0 Å². The van der Waals surface area contributed by atoms with Gasteiger partial charge in [-0.25, -0.2) is 0 Å². The second kappa shape index (κ2) is 10.9. The molecule has 0 saturated carbocycles. The first-order valence-corrected chi connectivity index (χ1v) is 11.5. The number of nitrogens with one attached hydrogen (secondary N) is 1. The highest BCUT2D eigenvalue weighted by molar-refractivity contribution is 6.09. The number of aromatic nitrogens is 1. The second-order valence-electron chi connectivity index (χ2n) is 8.34. The third kappa shape index (κ3) is 5.14. The smallest absolute Gasteiger partial charge is 0.257 e. The van der Waals surface area contributed by atoms with E-state index in [1.54, 1.807) is 71.8 Å². The lowest BCUT2D eigenvalue weighted by molar-refractivity contribution is 0.0534. The zero-order valence-corrected chi connectivity index (χ0v) is 20.5. The van der Waals surface area contributed by atoms with Crippen molar-refractivity contribution in [3.05, 3.63) is 83.2 Å². The summed E-state index contributed by atoms with van der Waals surface area (Å²) in [5, 5.41) is 2.88. The molecule has 1 aliphatic heterocycles. The molecule has 0 unspecified atom stereocenters. The molecule has 1 N–H and O–H groups in total. The number of carbonyl (C=O) groups is 3. The van der Waals surface area contributed by atoms with Crippen LogP contribution in [0.1, 0.15) is 36.6 Å². The SMILES string of the molecule is COc1ccc(C(=O)N2CCN(C(=O)c3cccc(C)c3NC(=O)c3ccncc3)CC2)c(OC)c1. The molecule has 1 aliphatic rings. The fraction of sp³-hybridized carbons (Fsp3) is 0.259. The molecule has 186 valence electrons. The van der Waals surface area contributed by atoms with Gasteiger partial charge in [0.25, 0.3) is 17.7 Å². The number of methoxy groups -OCH3 is 2. The molecule has 1 saturated heterocycles. The number of hydrogen-bond donors (Lipinski definition) is 1. The fourth-order valence-electron chi connectivity index (χ4n) is 4.13. The topological polar surface area (TPSA) is 101 Å². The maximum absolute atomic E-state index is 13.4. The highest BCUT2D eigenvalue weighted by atomic mass is 16.5. The van der Waals surface area contributed by atoms with Crippen LogP contribution in [0, 0.1) is 6.92 Å². The second-order valence-corrected chi connectivity index (χ2v) is 8.34. The van der Waals surface area contributed by atoms with Crippen molar-refractivity contribution >= 4 is 23.4 Å². The molecule has 3 aromatic rings. The van der Waals surface area contributed by atoms with E-state index >= 15 is 0 Å². The van der Waals surface area contributed by atoms with Crippen LogP contribution >= 0.6 is 0 Å². The predicted octanol–water partition coefficient (Wildman–Crippen LogP) is 3.26. The van der Waals surface area contributed by atoms with Crippen LogP contribution in [-0.2, 0) is 0 Å². The number of ether oxygens (including phenoxy) is 2. The van der Waals surface area contributed by atoms with Gasteiger partial charge in [0.2, 0.25) is 0 Å². The van der Waals surface area contributed by atoms with E-state index in [1.165, 1.54) is 7.11 Å². The Balaban J connectivity index is 1.46. The molecule has 2 aromatic carbocycles. The Morgan fingerprint density at radius 1 is 0.833 bits per heavy atom. The van der Waals surface area contributed by atoms with Gasteiger partial charge in [-0.1, -0.05) is 12.1 Å². The van der Waals surface area contributed by atoms with Crippen molar-refractivity contribution in [1.82, 2.24) is 14.8 Å². The minimum absolute atomic E-state index is 0.164. The number of nitrogens with zero attached hydrogens (tertiary/aromatic N) is 3. The highest BCUT2D eigenvalue weighted by Crippen LogP contribution is 2.27. The minimum atomic E-state index is -0.315. The Morgan fingerprint density at radius 3 is 2.08 bits per heavy atom. The Morgan fingerprint density at radius 2 is 1.47 bits per heavy atom. The van der Waals surface area contributed by atoms with Gasteiger partial charge in [0.05, 0.1) is 31.0 Å². The van der Waals surface area contributed by atoms with E-state index in [4.69, 9.17) is 9.47 Å². The number of amides is 3. The summed E-state index contributed by atoms with van der Waals surface area (Å²) in [6.45, 7) is 3.34. The molecule has 4 rings (SSSR count). The normalized spacial score (nSPS) is 13.2. The van der Waals surface area contributed by atoms with E-state index in [1.807, 2.05) is 13.0 Å². The van der Waals surface area contributed by atoms with Gasteiger partial charge in [-0.3, -0.25) is 19.4 Å². The molecule has 0 radical (unpaired) electrons. The van der Waals surface area contributed by atoms with Crippen LogP contribution in [-0.4, -0.2) is 72.9 Å². The van der Waals surface area contributed by atoms with Crippen molar-refractivity contribution in [2.24, 2.45) is 0 Å². The van der Waals surface area contributed by atoms with Gasteiger partial charge < -0.3 is 24.6 Å². The first kappa shape index (κ1) is 24.7. The van der Waals surface area contributed by atoms with Crippen molar-refractivity contribution in [2.75, 3.05) is 45.7 Å². The average Bonchev–Trinajstić information content (AvgIpc) is 2.93. The summed E-state index contributed by atoms with van der Waals surface area (Å²) in [4.78, 5) is 46.6. The van der Waals surface area contributed by atoms with E-state index in [0.717, 1.165) is 5.56 Å². The zero-order valence-electron chi connectivity index (χ0n) is 20.5. The van der Waals surface area contributed by atoms with Crippen LogP contribution in [0.4, 0.5) is 5.69 Å². The molecule has 0 atom stereocenters. The number of aryl methyl sites for hydroxylation is 1. The van der Waals surface area contributed by atoms with Crippen molar-refractivity contribution in [3.63, 3.8) is 0 Å². The van der Waals surface area contributed by atoms with Crippen LogP contribution < -0.4 is 14.8 Å². The number of para-hydroxylation sites is 1. The van der Waals surface area contributed by atoms with Crippen molar-refractivity contribution in [3.8, 4) is 11.5 Å². The summed E-state index contributed by atoms with van der Waals surface area (Å²) < 4.78 is 10.6. The summed E-state index contributed by atoms with van der Waals surface area (Å²) in [6.07, 6.45) is 3.09. The summed E-state index contributed by atoms with van der Waals surface area (Å²) >= 11 is 0. The molecule has 0 bridgehead atoms. The molecule has 2 heterocycles.